The average Bonchev–Trinajstić information content (AvgIpc) is 2.75. The first-order valence-electron chi connectivity index (χ1n) is 10.2. The predicted octanol–water partition coefficient (Wildman–Crippen LogP) is 2.24. The number of hydrogen-bond donors (Lipinski definition) is 1. The quantitative estimate of drug-likeness (QED) is 0.618. The minimum Gasteiger partial charge on any atom is -0.497 e. The number of nitrogens with zero attached hydrogens (tertiary/aromatic N) is 2. The highest BCUT2D eigenvalue weighted by Crippen LogP contribution is 2.27. The summed E-state index contributed by atoms with van der Waals surface area (Å²) in [4.78, 5) is 27.1. The van der Waals surface area contributed by atoms with Crippen LogP contribution < -0.4 is 14.4 Å². The van der Waals surface area contributed by atoms with Gasteiger partial charge < -0.3 is 15.0 Å². The Morgan fingerprint density at radius 1 is 1.06 bits per heavy atom. The zero-order valence-electron chi connectivity index (χ0n) is 19.4. The van der Waals surface area contributed by atoms with E-state index in [9.17, 15) is 18.0 Å². The van der Waals surface area contributed by atoms with Gasteiger partial charge in [-0.1, -0.05) is 30.3 Å². The fourth-order valence-corrected chi connectivity index (χ4v) is 4.46. The second kappa shape index (κ2) is 10.5. The first-order chi connectivity index (χ1) is 15.0. The second-order valence-electron chi connectivity index (χ2n) is 7.67. The van der Waals surface area contributed by atoms with Crippen LogP contribution in [0.5, 0.6) is 5.75 Å². The Morgan fingerprint density at radius 2 is 1.62 bits per heavy atom. The molecule has 1 unspecified atom stereocenters. The lowest BCUT2D eigenvalue weighted by atomic mass is 10.1. The third-order valence-electron chi connectivity index (χ3n) is 5.29. The minimum absolute atomic E-state index is 0.141. The second-order valence-corrected chi connectivity index (χ2v) is 9.58. The van der Waals surface area contributed by atoms with Crippen molar-refractivity contribution >= 4 is 27.5 Å². The molecule has 2 aromatic rings. The van der Waals surface area contributed by atoms with Crippen molar-refractivity contribution in [3.8, 4) is 5.75 Å². The number of para-hydroxylation sites is 1. The Kier molecular flexibility index (Phi) is 8.26. The Bertz CT molecular complexity index is 1050. The molecule has 2 aromatic carbocycles. The van der Waals surface area contributed by atoms with Crippen LogP contribution in [0.1, 0.15) is 23.6 Å². The molecule has 2 amide bonds. The number of ether oxygens (including phenoxy) is 1. The van der Waals surface area contributed by atoms with Crippen LogP contribution in [0.4, 0.5) is 5.69 Å². The standard InChI is InChI=1S/C23H31N3O5S/c1-16-8-7-9-17(2)22(16)26(32(6,29)30)15-21(27)25(18(3)23(28)24-4)14-19-10-12-20(31-5)13-11-19/h7-13,18H,14-15H2,1-6H3,(H,24,28). The molecule has 1 atom stereocenters. The lowest BCUT2D eigenvalue weighted by molar-refractivity contribution is -0.139. The molecule has 0 radical (unpaired) electrons. The van der Waals surface area contributed by atoms with Crippen molar-refractivity contribution in [1.29, 1.82) is 0 Å². The molecular formula is C23H31N3O5S. The Labute approximate surface area is 190 Å². The number of amides is 2. The van der Waals surface area contributed by atoms with E-state index in [1.807, 2.05) is 6.07 Å². The number of rotatable bonds is 9. The molecule has 0 aliphatic heterocycles. The summed E-state index contributed by atoms with van der Waals surface area (Å²) in [6.07, 6.45) is 1.07. The molecule has 0 spiro atoms. The van der Waals surface area contributed by atoms with E-state index in [2.05, 4.69) is 5.32 Å². The van der Waals surface area contributed by atoms with Gasteiger partial charge in [0, 0.05) is 13.6 Å². The van der Waals surface area contributed by atoms with Crippen LogP contribution in [0.15, 0.2) is 42.5 Å². The molecule has 0 saturated heterocycles. The smallest absolute Gasteiger partial charge is 0.244 e. The maximum atomic E-state index is 13.4. The number of methoxy groups -OCH3 is 1. The first-order valence-corrected chi connectivity index (χ1v) is 12.0. The van der Waals surface area contributed by atoms with E-state index in [0.717, 1.165) is 27.3 Å². The normalized spacial score (nSPS) is 12.1. The van der Waals surface area contributed by atoms with Crippen molar-refractivity contribution in [2.45, 2.75) is 33.4 Å². The number of hydrogen-bond acceptors (Lipinski definition) is 5. The minimum atomic E-state index is -3.76. The number of nitrogens with one attached hydrogen (secondary N) is 1. The van der Waals surface area contributed by atoms with Crippen molar-refractivity contribution in [2.24, 2.45) is 0 Å². The molecule has 0 bridgehead atoms. The van der Waals surface area contributed by atoms with Gasteiger partial charge in [-0.2, -0.15) is 0 Å². The van der Waals surface area contributed by atoms with Crippen LogP contribution in [0.2, 0.25) is 0 Å². The molecule has 0 heterocycles. The number of sulfonamides is 1. The van der Waals surface area contributed by atoms with Gasteiger partial charge in [0.15, 0.2) is 0 Å². The van der Waals surface area contributed by atoms with Gasteiger partial charge in [-0.05, 0) is 49.6 Å². The lowest BCUT2D eigenvalue weighted by Gasteiger charge is -2.32. The molecule has 0 fully saturated rings. The molecule has 0 aromatic heterocycles. The Hall–Kier alpha value is -3.07. The fraction of sp³-hybridized carbons (Fsp3) is 0.391. The summed E-state index contributed by atoms with van der Waals surface area (Å²) in [5.41, 5.74) is 2.74. The van der Waals surface area contributed by atoms with Gasteiger partial charge in [0.25, 0.3) is 0 Å². The van der Waals surface area contributed by atoms with E-state index < -0.39 is 28.5 Å². The Balaban J connectivity index is 2.42. The predicted molar refractivity (Wildman–Crippen MR) is 125 cm³/mol. The highest BCUT2D eigenvalue weighted by Gasteiger charge is 2.30. The zero-order valence-corrected chi connectivity index (χ0v) is 20.2. The number of likely N-dealkylation sites (N-methyl/N-ethyl adjacent to an activating group) is 1. The van der Waals surface area contributed by atoms with Crippen LogP contribution >= 0.6 is 0 Å². The van der Waals surface area contributed by atoms with Crippen molar-refractivity contribution in [2.75, 3.05) is 31.3 Å². The van der Waals surface area contributed by atoms with Gasteiger partial charge in [0.2, 0.25) is 21.8 Å². The van der Waals surface area contributed by atoms with E-state index in [0.29, 0.717) is 11.4 Å². The zero-order chi connectivity index (χ0) is 24.1. The third kappa shape index (κ3) is 6.00. The molecule has 0 saturated carbocycles. The van der Waals surface area contributed by atoms with Crippen LogP contribution in [0.3, 0.4) is 0 Å². The van der Waals surface area contributed by atoms with Crippen molar-refractivity contribution in [3.63, 3.8) is 0 Å². The number of carbonyl (C=O) groups excluding carboxylic acids is 2. The fourth-order valence-electron chi connectivity index (χ4n) is 3.49. The van der Waals surface area contributed by atoms with Gasteiger partial charge in [-0.25, -0.2) is 8.42 Å². The maximum Gasteiger partial charge on any atom is 0.244 e. The topological polar surface area (TPSA) is 96.0 Å². The van der Waals surface area contributed by atoms with Gasteiger partial charge in [0.1, 0.15) is 18.3 Å². The molecular weight excluding hydrogens is 430 g/mol. The van der Waals surface area contributed by atoms with Gasteiger partial charge in [-0.3, -0.25) is 13.9 Å². The number of anilines is 1. The molecule has 0 aliphatic rings. The van der Waals surface area contributed by atoms with Crippen LogP contribution in [0.25, 0.3) is 0 Å². The van der Waals surface area contributed by atoms with Crippen molar-refractivity contribution in [1.82, 2.24) is 10.2 Å². The van der Waals surface area contributed by atoms with Crippen molar-refractivity contribution in [3.05, 3.63) is 59.2 Å². The highest BCUT2D eigenvalue weighted by molar-refractivity contribution is 7.92. The van der Waals surface area contributed by atoms with Crippen molar-refractivity contribution < 1.29 is 22.7 Å². The molecule has 174 valence electrons. The summed E-state index contributed by atoms with van der Waals surface area (Å²) in [6.45, 7) is 4.94. The van der Waals surface area contributed by atoms with Crippen LogP contribution in [-0.2, 0) is 26.2 Å². The van der Waals surface area contributed by atoms with Gasteiger partial charge in [-0.15, -0.1) is 0 Å². The van der Waals surface area contributed by atoms with Gasteiger partial charge >= 0.3 is 0 Å². The summed E-state index contributed by atoms with van der Waals surface area (Å²) in [7, 11) is -0.700. The van der Waals surface area contributed by atoms with E-state index in [4.69, 9.17) is 4.74 Å². The number of benzene rings is 2. The van der Waals surface area contributed by atoms with E-state index in [1.54, 1.807) is 64.3 Å². The summed E-state index contributed by atoms with van der Waals surface area (Å²) < 4.78 is 31.6. The van der Waals surface area contributed by atoms with E-state index in [-0.39, 0.29) is 12.5 Å². The Morgan fingerprint density at radius 3 is 2.09 bits per heavy atom. The summed E-state index contributed by atoms with van der Waals surface area (Å²) >= 11 is 0. The molecule has 8 nitrogen and oxygen atoms in total. The monoisotopic (exact) mass is 461 g/mol. The van der Waals surface area contributed by atoms with Gasteiger partial charge in [0.05, 0.1) is 19.1 Å². The maximum absolute atomic E-state index is 13.4. The van der Waals surface area contributed by atoms with Crippen LogP contribution in [-0.4, -0.2) is 58.1 Å². The van der Waals surface area contributed by atoms with E-state index in [1.165, 1.54) is 11.9 Å². The number of aryl methyl sites for hydroxylation is 2. The molecule has 9 heteroatoms. The molecule has 1 N–H and O–H groups in total. The summed E-state index contributed by atoms with van der Waals surface area (Å²) in [5.74, 6) is -0.154. The largest absolute Gasteiger partial charge is 0.497 e. The SMILES string of the molecule is CNC(=O)C(C)N(Cc1ccc(OC)cc1)C(=O)CN(c1c(C)cccc1C)S(C)(=O)=O. The van der Waals surface area contributed by atoms with Crippen LogP contribution in [0, 0.1) is 13.8 Å². The molecule has 0 aliphatic carbocycles. The number of carbonyl (C=O) groups is 2. The lowest BCUT2D eigenvalue weighted by Crippen LogP contribution is -2.50. The highest BCUT2D eigenvalue weighted by atomic mass is 32.2. The summed E-state index contributed by atoms with van der Waals surface area (Å²) in [5, 5.41) is 2.55. The average molecular weight is 462 g/mol. The molecule has 2 rings (SSSR count). The third-order valence-corrected chi connectivity index (χ3v) is 6.41. The van der Waals surface area contributed by atoms with E-state index >= 15 is 0 Å². The molecule has 32 heavy (non-hydrogen) atoms. The summed E-state index contributed by atoms with van der Waals surface area (Å²) in [6, 6.07) is 11.8. The first kappa shape index (κ1) is 25.2.